The van der Waals surface area contributed by atoms with Crippen LogP contribution in [0.2, 0.25) is 0 Å². The third-order valence-electron chi connectivity index (χ3n) is 8.32. The number of aromatic carboxylic acids is 1. The summed E-state index contributed by atoms with van der Waals surface area (Å²) in [6.07, 6.45) is 3.56. The highest BCUT2D eigenvalue weighted by Gasteiger charge is 2.24. The lowest BCUT2D eigenvalue weighted by molar-refractivity contribution is 0.0697. The standard InChI is InChI=1S/C34H28FN7O3S2/c1-2-24-29(46-19-37-24)16-42-27-14-22(34(43)44)6-7-26(27)38-30(42)17-41-10-8-21(9-11-41)25-4-3-5-31(39-25)45-18-32-40-33-23(35)12-20(15-36)13-28(33)47-32/h2-7,12-14,19,21H,1,8-11,16-18H2,(H,43,44). The number of aromatic nitrogens is 5. The van der Waals surface area contributed by atoms with E-state index >= 15 is 0 Å². The van der Waals surface area contributed by atoms with Crippen molar-refractivity contribution in [2.75, 3.05) is 13.1 Å². The molecule has 13 heteroatoms. The van der Waals surface area contributed by atoms with E-state index in [0.29, 0.717) is 28.7 Å². The molecule has 1 N–H and O–H groups in total. The number of likely N-dealkylation sites (tertiary alicyclic amines) is 1. The van der Waals surface area contributed by atoms with E-state index in [9.17, 15) is 14.3 Å². The van der Waals surface area contributed by atoms with Crippen LogP contribution in [0.5, 0.6) is 5.88 Å². The van der Waals surface area contributed by atoms with Crippen molar-refractivity contribution in [2.45, 2.75) is 38.5 Å². The number of hydrogen-bond acceptors (Lipinski definition) is 10. The molecule has 5 heterocycles. The molecule has 7 rings (SSSR count). The molecule has 0 amide bonds. The fraction of sp³-hybridized carbons (Fsp3) is 0.235. The number of nitrogens with zero attached hydrogens (tertiary/aromatic N) is 7. The summed E-state index contributed by atoms with van der Waals surface area (Å²) in [5.41, 5.74) is 5.84. The number of halogens is 1. The first-order valence-corrected chi connectivity index (χ1v) is 16.7. The summed E-state index contributed by atoms with van der Waals surface area (Å²) in [6, 6.07) is 15.6. The van der Waals surface area contributed by atoms with E-state index < -0.39 is 11.8 Å². The quantitative estimate of drug-likeness (QED) is 0.167. The van der Waals surface area contributed by atoms with Crippen LogP contribution in [0.1, 0.15) is 61.8 Å². The summed E-state index contributed by atoms with van der Waals surface area (Å²) < 4.78 is 23.0. The average Bonchev–Trinajstić information content (AvgIpc) is 3.81. The molecule has 4 aromatic heterocycles. The molecule has 0 atom stereocenters. The molecule has 2 aromatic carbocycles. The average molecular weight is 666 g/mol. The Labute approximate surface area is 277 Å². The van der Waals surface area contributed by atoms with Crippen LogP contribution in [0.25, 0.3) is 27.3 Å². The van der Waals surface area contributed by atoms with Crippen LogP contribution in [0.4, 0.5) is 4.39 Å². The summed E-state index contributed by atoms with van der Waals surface area (Å²) in [5.74, 6) is 0.132. The molecular weight excluding hydrogens is 638 g/mol. The Hall–Kier alpha value is -5.03. The van der Waals surface area contributed by atoms with Crippen LogP contribution in [-0.4, -0.2) is 53.6 Å². The first-order chi connectivity index (χ1) is 22.9. The molecule has 6 aromatic rings. The topological polar surface area (TPSA) is 130 Å². The smallest absolute Gasteiger partial charge is 0.335 e. The zero-order valence-corrected chi connectivity index (χ0v) is 26.7. The minimum atomic E-state index is -0.974. The molecule has 0 aliphatic carbocycles. The van der Waals surface area contributed by atoms with Gasteiger partial charge in [0.1, 0.15) is 23.0 Å². The van der Waals surface area contributed by atoms with Gasteiger partial charge < -0.3 is 14.4 Å². The molecule has 0 radical (unpaired) electrons. The molecule has 0 saturated carbocycles. The zero-order chi connectivity index (χ0) is 32.5. The minimum Gasteiger partial charge on any atom is -0.478 e. The monoisotopic (exact) mass is 665 g/mol. The van der Waals surface area contributed by atoms with Crippen LogP contribution in [0, 0.1) is 17.1 Å². The normalized spacial score (nSPS) is 14.0. The summed E-state index contributed by atoms with van der Waals surface area (Å²) >= 11 is 2.84. The number of carbonyl (C=O) groups is 1. The van der Waals surface area contributed by atoms with Gasteiger partial charge in [0.15, 0.2) is 5.82 Å². The van der Waals surface area contributed by atoms with E-state index in [0.717, 1.165) is 59.1 Å². The summed E-state index contributed by atoms with van der Waals surface area (Å²) in [4.78, 5) is 33.6. The Kier molecular flexibility index (Phi) is 8.46. The van der Waals surface area contributed by atoms with E-state index in [1.165, 1.54) is 17.4 Å². The molecule has 1 fully saturated rings. The molecule has 0 spiro atoms. The Morgan fingerprint density at radius 2 is 2.00 bits per heavy atom. The number of pyridine rings is 1. The van der Waals surface area contributed by atoms with Crippen molar-refractivity contribution in [3.05, 3.63) is 105 Å². The number of carboxylic acids is 1. The molecule has 1 saturated heterocycles. The lowest BCUT2D eigenvalue weighted by Gasteiger charge is -2.31. The number of rotatable bonds is 10. The number of thiazole rings is 2. The number of ether oxygens (including phenoxy) is 1. The highest BCUT2D eigenvalue weighted by Crippen LogP contribution is 2.31. The number of benzene rings is 2. The van der Waals surface area contributed by atoms with Gasteiger partial charge in [0.25, 0.3) is 0 Å². The van der Waals surface area contributed by atoms with Crippen LogP contribution < -0.4 is 4.74 Å². The molecule has 0 unspecified atom stereocenters. The molecule has 236 valence electrons. The third-order valence-corrected chi connectivity index (χ3v) is 10.1. The molecule has 10 nitrogen and oxygen atoms in total. The van der Waals surface area contributed by atoms with Crippen molar-refractivity contribution < 1.29 is 19.0 Å². The first kappa shape index (κ1) is 30.6. The molecule has 0 bridgehead atoms. The maximum Gasteiger partial charge on any atom is 0.335 e. The number of imidazole rings is 1. The van der Waals surface area contributed by atoms with Crippen molar-refractivity contribution in [2.24, 2.45) is 0 Å². The SMILES string of the molecule is C=Cc1ncsc1Cn1c(CN2CCC(c3cccc(OCc4nc5c(F)cc(C#N)cc5s4)n3)CC2)nc2ccc(C(=O)O)cc21. The van der Waals surface area contributed by atoms with E-state index in [-0.39, 0.29) is 29.2 Å². The maximum atomic E-state index is 14.3. The van der Waals surface area contributed by atoms with Crippen molar-refractivity contribution >= 4 is 56.0 Å². The minimum absolute atomic E-state index is 0.153. The number of carboxylic acid groups (broad SMARTS) is 1. The fourth-order valence-corrected chi connectivity index (χ4v) is 7.62. The molecular formula is C34H28FN7O3S2. The summed E-state index contributed by atoms with van der Waals surface area (Å²) in [7, 11) is 0. The maximum absolute atomic E-state index is 14.3. The Balaban J connectivity index is 1.03. The molecule has 47 heavy (non-hydrogen) atoms. The third kappa shape index (κ3) is 6.35. The van der Waals surface area contributed by atoms with E-state index in [2.05, 4.69) is 26.0 Å². The van der Waals surface area contributed by atoms with E-state index in [1.807, 2.05) is 24.3 Å². The lowest BCUT2D eigenvalue weighted by Crippen LogP contribution is -2.33. The van der Waals surface area contributed by atoms with Gasteiger partial charge in [0.2, 0.25) is 5.88 Å². The van der Waals surface area contributed by atoms with Crippen molar-refractivity contribution in [3.8, 4) is 11.9 Å². The van der Waals surface area contributed by atoms with Gasteiger partial charge in [-0.25, -0.2) is 29.1 Å². The van der Waals surface area contributed by atoms with Gasteiger partial charge in [-0.15, -0.1) is 22.7 Å². The number of fused-ring (bicyclic) bond motifs is 2. The lowest BCUT2D eigenvalue weighted by atomic mass is 9.93. The van der Waals surface area contributed by atoms with Gasteiger partial charge in [-0.1, -0.05) is 12.6 Å². The number of hydrogen-bond donors (Lipinski definition) is 1. The zero-order valence-electron chi connectivity index (χ0n) is 25.1. The number of nitriles is 1. The van der Waals surface area contributed by atoms with Crippen LogP contribution in [0.3, 0.4) is 0 Å². The summed E-state index contributed by atoms with van der Waals surface area (Å²) in [6.45, 7) is 6.89. The van der Waals surface area contributed by atoms with E-state index in [4.69, 9.17) is 20.0 Å². The summed E-state index contributed by atoms with van der Waals surface area (Å²) in [5, 5.41) is 19.3. The Morgan fingerprint density at radius 1 is 1.15 bits per heavy atom. The molecule has 1 aliphatic rings. The van der Waals surface area contributed by atoms with Crippen molar-refractivity contribution in [1.29, 1.82) is 5.26 Å². The highest BCUT2D eigenvalue weighted by atomic mass is 32.1. The van der Waals surface area contributed by atoms with Crippen LogP contribution in [-0.2, 0) is 19.7 Å². The Bertz CT molecular complexity index is 2180. The second-order valence-corrected chi connectivity index (χ2v) is 13.3. The van der Waals surface area contributed by atoms with Gasteiger partial charge in [0, 0.05) is 17.7 Å². The predicted octanol–water partition coefficient (Wildman–Crippen LogP) is 6.86. The van der Waals surface area contributed by atoms with Gasteiger partial charge in [0.05, 0.1) is 62.1 Å². The second kappa shape index (κ2) is 13.0. The van der Waals surface area contributed by atoms with Gasteiger partial charge in [-0.05, 0) is 68.4 Å². The fourth-order valence-electron chi connectivity index (χ4n) is 5.93. The highest BCUT2D eigenvalue weighted by molar-refractivity contribution is 7.18. The Morgan fingerprint density at radius 3 is 2.79 bits per heavy atom. The first-order valence-electron chi connectivity index (χ1n) is 15.0. The second-order valence-electron chi connectivity index (χ2n) is 11.3. The largest absolute Gasteiger partial charge is 0.478 e. The van der Waals surface area contributed by atoms with Gasteiger partial charge >= 0.3 is 5.97 Å². The predicted molar refractivity (Wildman–Crippen MR) is 178 cm³/mol. The van der Waals surface area contributed by atoms with E-state index in [1.54, 1.807) is 47.2 Å². The van der Waals surface area contributed by atoms with Crippen molar-refractivity contribution in [1.82, 2.24) is 29.4 Å². The van der Waals surface area contributed by atoms with Gasteiger partial charge in [-0.3, -0.25) is 4.90 Å². The number of piperidine rings is 1. The van der Waals surface area contributed by atoms with Crippen molar-refractivity contribution in [3.63, 3.8) is 0 Å². The van der Waals surface area contributed by atoms with Crippen LogP contribution >= 0.6 is 22.7 Å². The van der Waals surface area contributed by atoms with Crippen LogP contribution in [0.15, 0.2) is 60.6 Å². The van der Waals surface area contributed by atoms with Gasteiger partial charge in [-0.2, -0.15) is 5.26 Å². The molecule has 1 aliphatic heterocycles.